The molecule has 0 amide bonds. The van der Waals surface area contributed by atoms with Gasteiger partial charge in [-0.25, -0.2) is 12.7 Å². The van der Waals surface area contributed by atoms with E-state index < -0.39 is 10.0 Å². The Hall–Kier alpha value is -0.130. The average Bonchev–Trinajstić information content (AvgIpc) is 2.26. The van der Waals surface area contributed by atoms with Crippen LogP contribution >= 0.6 is 0 Å². The lowest BCUT2D eigenvalue weighted by Crippen LogP contribution is -2.63. The lowest BCUT2D eigenvalue weighted by molar-refractivity contribution is -0.0706. The molecule has 0 radical (unpaired) electrons. The van der Waals surface area contributed by atoms with Crippen molar-refractivity contribution in [1.29, 1.82) is 0 Å². The number of sulfonamides is 1. The van der Waals surface area contributed by atoms with Crippen LogP contribution in [0.3, 0.4) is 0 Å². The molecule has 2 saturated heterocycles. The van der Waals surface area contributed by atoms with E-state index in [1.807, 2.05) is 0 Å². The van der Waals surface area contributed by atoms with Crippen molar-refractivity contribution in [3.8, 4) is 0 Å². The normalized spacial score (nSPS) is 26.6. The Morgan fingerprint density at radius 3 is 2.05 bits per heavy atom. The summed E-state index contributed by atoms with van der Waals surface area (Å²) in [4.78, 5) is 2.60. The van der Waals surface area contributed by atoms with Crippen molar-refractivity contribution >= 4 is 10.0 Å². The third-order valence-electron chi connectivity index (χ3n) is 4.99. The molecule has 2 heterocycles. The first kappa shape index (κ1) is 15.3. The van der Waals surface area contributed by atoms with Crippen LogP contribution in [0.5, 0.6) is 0 Å². The highest BCUT2D eigenvalue weighted by atomic mass is 32.2. The third-order valence-corrected chi connectivity index (χ3v) is 6.29. The van der Waals surface area contributed by atoms with Crippen LogP contribution in [0.2, 0.25) is 0 Å². The van der Waals surface area contributed by atoms with E-state index in [1.54, 1.807) is 4.31 Å². The van der Waals surface area contributed by atoms with E-state index in [2.05, 4.69) is 25.7 Å². The number of nitrogens with zero attached hydrogens (tertiary/aromatic N) is 2. The molecule has 0 aromatic carbocycles. The van der Waals surface area contributed by atoms with E-state index in [0.717, 1.165) is 12.8 Å². The maximum absolute atomic E-state index is 11.5. The highest BCUT2D eigenvalue weighted by Gasteiger charge is 2.47. The van der Waals surface area contributed by atoms with Gasteiger partial charge in [-0.05, 0) is 30.6 Å². The van der Waals surface area contributed by atoms with Crippen LogP contribution in [0.1, 0.15) is 40.0 Å². The van der Waals surface area contributed by atoms with Gasteiger partial charge in [-0.3, -0.25) is 4.90 Å². The summed E-state index contributed by atoms with van der Waals surface area (Å²) in [6, 6.07) is 0.693. The number of hydrogen-bond acceptors (Lipinski definition) is 3. The summed E-state index contributed by atoms with van der Waals surface area (Å²) in [5.74, 6) is 0.707. The Morgan fingerprint density at radius 1 is 1.16 bits per heavy atom. The molecule has 0 aromatic rings. The maximum Gasteiger partial charge on any atom is 0.211 e. The second-order valence-corrected chi connectivity index (χ2v) is 8.77. The summed E-state index contributed by atoms with van der Waals surface area (Å²) < 4.78 is 24.7. The monoisotopic (exact) mass is 288 g/mol. The molecule has 2 aliphatic rings. The molecule has 0 aliphatic carbocycles. The summed E-state index contributed by atoms with van der Waals surface area (Å²) in [6.07, 6.45) is 4.60. The van der Waals surface area contributed by atoms with Gasteiger partial charge >= 0.3 is 0 Å². The summed E-state index contributed by atoms with van der Waals surface area (Å²) in [5.41, 5.74) is 0.406. The Labute approximate surface area is 118 Å². The molecule has 5 heteroatoms. The molecule has 0 aromatic heterocycles. The van der Waals surface area contributed by atoms with Gasteiger partial charge in [0.15, 0.2) is 0 Å². The van der Waals surface area contributed by atoms with Crippen molar-refractivity contribution in [3.05, 3.63) is 0 Å². The molecule has 1 unspecified atom stereocenters. The van der Waals surface area contributed by atoms with Crippen molar-refractivity contribution < 1.29 is 8.42 Å². The predicted octanol–water partition coefficient (Wildman–Crippen LogP) is 1.78. The van der Waals surface area contributed by atoms with E-state index in [1.165, 1.54) is 25.8 Å². The average molecular weight is 288 g/mol. The molecule has 4 nitrogen and oxygen atoms in total. The number of piperidine rings is 1. The fourth-order valence-electron chi connectivity index (χ4n) is 3.81. The van der Waals surface area contributed by atoms with Crippen LogP contribution in [0, 0.1) is 11.3 Å². The third kappa shape index (κ3) is 3.14. The molecule has 0 N–H and O–H groups in total. The van der Waals surface area contributed by atoms with E-state index in [9.17, 15) is 8.42 Å². The van der Waals surface area contributed by atoms with Crippen molar-refractivity contribution in [2.24, 2.45) is 11.3 Å². The van der Waals surface area contributed by atoms with E-state index >= 15 is 0 Å². The molecular formula is C14H28N2O2S. The van der Waals surface area contributed by atoms with E-state index in [4.69, 9.17) is 0 Å². The summed E-state index contributed by atoms with van der Waals surface area (Å²) in [5, 5.41) is 0. The van der Waals surface area contributed by atoms with Crippen LogP contribution in [0.25, 0.3) is 0 Å². The van der Waals surface area contributed by atoms with Crippen molar-refractivity contribution in [2.45, 2.75) is 46.1 Å². The molecule has 0 bridgehead atoms. The van der Waals surface area contributed by atoms with Crippen LogP contribution in [-0.4, -0.2) is 56.1 Å². The highest BCUT2D eigenvalue weighted by molar-refractivity contribution is 7.88. The quantitative estimate of drug-likeness (QED) is 0.792. The number of hydrogen-bond donors (Lipinski definition) is 0. The van der Waals surface area contributed by atoms with Gasteiger partial charge in [0.25, 0.3) is 0 Å². The van der Waals surface area contributed by atoms with Gasteiger partial charge < -0.3 is 0 Å². The SMILES string of the molecule is CCC(C(C)C)N1CC2(CCN(S(C)(=O)=O)CC2)C1. The molecule has 2 aliphatic heterocycles. The molecule has 19 heavy (non-hydrogen) atoms. The van der Waals surface area contributed by atoms with Gasteiger partial charge in [0.05, 0.1) is 6.26 Å². The fraction of sp³-hybridized carbons (Fsp3) is 1.00. The smallest absolute Gasteiger partial charge is 0.211 e. The zero-order valence-electron chi connectivity index (χ0n) is 12.7. The van der Waals surface area contributed by atoms with Crippen LogP contribution in [0.15, 0.2) is 0 Å². The maximum atomic E-state index is 11.5. The minimum absolute atomic E-state index is 0.406. The first-order valence-electron chi connectivity index (χ1n) is 7.46. The molecule has 112 valence electrons. The first-order chi connectivity index (χ1) is 8.77. The molecule has 1 spiro atoms. The summed E-state index contributed by atoms with van der Waals surface area (Å²) in [6.45, 7) is 10.6. The Bertz CT molecular complexity index is 403. The molecule has 0 saturated carbocycles. The molecule has 1 atom stereocenters. The lowest BCUT2D eigenvalue weighted by atomic mass is 9.71. The van der Waals surface area contributed by atoms with Gasteiger partial charge in [0, 0.05) is 32.2 Å². The van der Waals surface area contributed by atoms with Crippen LogP contribution < -0.4 is 0 Å². The largest absolute Gasteiger partial charge is 0.299 e. The summed E-state index contributed by atoms with van der Waals surface area (Å²) in [7, 11) is -2.99. The lowest BCUT2D eigenvalue weighted by Gasteiger charge is -2.57. The van der Waals surface area contributed by atoms with E-state index in [-0.39, 0.29) is 0 Å². The standard InChI is InChI=1S/C14H28N2O2S/c1-5-13(12(2)3)15-10-14(11-15)6-8-16(9-7-14)19(4,17)18/h12-13H,5-11H2,1-4H3. The van der Waals surface area contributed by atoms with Gasteiger partial charge in [-0.15, -0.1) is 0 Å². The Morgan fingerprint density at radius 2 is 1.68 bits per heavy atom. The zero-order valence-corrected chi connectivity index (χ0v) is 13.5. The second-order valence-electron chi connectivity index (χ2n) is 6.79. The minimum atomic E-state index is -2.99. The van der Waals surface area contributed by atoms with Crippen LogP contribution in [-0.2, 0) is 10.0 Å². The first-order valence-corrected chi connectivity index (χ1v) is 9.31. The molecule has 2 fully saturated rings. The predicted molar refractivity (Wildman–Crippen MR) is 78.6 cm³/mol. The van der Waals surface area contributed by atoms with Crippen molar-refractivity contribution in [2.75, 3.05) is 32.4 Å². The van der Waals surface area contributed by atoms with Gasteiger partial charge in [-0.1, -0.05) is 20.8 Å². The molecule has 2 rings (SSSR count). The minimum Gasteiger partial charge on any atom is -0.299 e. The van der Waals surface area contributed by atoms with Crippen LogP contribution in [0.4, 0.5) is 0 Å². The topological polar surface area (TPSA) is 40.6 Å². The van der Waals surface area contributed by atoms with E-state index in [0.29, 0.717) is 30.5 Å². The van der Waals surface area contributed by atoms with Crippen molar-refractivity contribution in [1.82, 2.24) is 9.21 Å². The number of rotatable bonds is 4. The van der Waals surface area contributed by atoms with Gasteiger partial charge in [0.2, 0.25) is 10.0 Å². The fourth-order valence-corrected chi connectivity index (χ4v) is 4.66. The molecular weight excluding hydrogens is 260 g/mol. The number of likely N-dealkylation sites (tertiary alicyclic amines) is 1. The zero-order chi connectivity index (χ0) is 14.3. The van der Waals surface area contributed by atoms with Gasteiger partial charge in [-0.2, -0.15) is 0 Å². The van der Waals surface area contributed by atoms with Gasteiger partial charge in [0.1, 0.15) is 0 Å². The second kappa shape index (κ2) is 5.34. The summed E-state index contributed by atoms with van der Waals surface area (Å²) >= 11 is 0. The Balaban J connectivity index is 1.87. The Kier molecular flexibility index (Phi) is 4.29. The highest BCUT2D eigenvalue weighted by Crippen LogP contribution is 2.42. The van der Waals surface area contributed by atoms with Crippen molar-refractivity contribution in [3.63, 3.8) is 0 Å².